The summed E-state index contributed by atoms with van der Waals surface area (Å²) in [6.45, 7) is 0. The van der Waals surface area contributed by atoms with Crippen LogP contribution >= 0.6 is 0 Å². The molecule has 0 aliphatic rings. The van der Waals surface area contributed by atoms with Gasteiger partial charge in [-0.15, -0.1) is 0 Å². The van der Waals surface area contributed by atoms with Crippen molar-refractivity contribution < 1.29 is 73.9 Å². The second-order valence-electron chi connectivity index (χ2n) is 21.1. The zero-order valence-corrected chi connectivity index (χ0v) is 49.7. The van der Waals surface area contributed by atoms with E-state index in [1.165, 1.54) is 54.8 Å². The Morgan fingerprint density at radius 3 is 0.696 bits per heavy atom. The van der Waals surface area contributed by atoms with Crippen LogP contribution < -0.4 is 49.7 Å². The molecule has 4 amide bonds. The maximum atomic E-state index is 15.6. The van der Waals surface area contributed by atoms with E-state index in [2.05, 4.69) is 10.6 Å². The minimum Gasteiger partial charge on any atom is -0.495 e. The molecule has 0 saturated heterocycles. The quantitative estimate of drug-likeness (QED) is 0.0724. The number of anilines is 4. The van der Waals surface area contributed by atoms with Gasteiger partial charge in [0.25, 0.3) is 11.8 Å². The summed E-state index contributed by atoms with van der Waals surface area (Å²) in [5.74, 6) is -5.82. The number of halogens is 6. The Morgan fingerprint density at radius 1 is 0.283 bits per heavy atom. The van der Waals surface area contributed by atoms with E-state index in [-0.39, 0.29) is 79.5 Å². The number of carbonyl (C=O) groups excluding carboxylic acids is 4. The number of rotatable bonds is 15. The van der Waals surface area contributed by atoms with Gasteiger partial charge in [0.1, 0.15) is 11.5 Å². The maximum absolute atomic E-state index is 15.6. The summed E-state index contributed by atoms with van der Waals surface area (Å²) in [5, 5.41) is 16.6. The molecular formula is C72H52F6N4O10. The number of nitrogens with one attached hydrogen (secondary N) is 4. The van der Waals surface area contributed by atoms with Crippen LogP contribution in [0.15, 0.2) is 182 Å². The fraction of sp³-hybridized carbons (Fsp3) is 0.111. The first-order valence-electron chi connectivity index (χ1n) is 28.3. The number of fused-ring (bicyclic) bond motifs is 6. The van der Waals surface area contributed by atoms with Crippen molar-refractivity contribution in [3.63, 3.8) is 0 Å². The summed E-state index contributed by atoms with van der Waals surface area (Å²) >= 11 is 0. The summed E-state index contributed by atoms with van der Waals surface area (Å²) in [7, 11) is 8.08. The Bertz CT molecular complexity index is 4740. The first-order chi connectivity index (χ1) is 44.3. The van der Waals surface area contributed by atoms with Crippen molar-refractivity contribution in [2.24, 2.45) is 0 Å². The van der Waals surface area contributed by atoms with Gasteiger partial charge >= 0.3 is 24.2 Å². The maximum Gasteiger partial charge on any atom is 0.471 e. The zero-order chi connectivity index (χ0) is 64.9. The molecule has 14 nitrogen and oxygen atoms in total. The van der Waals surface area contributed by atoms with Crippen LogP contribution in [0.5, 0.6) is 34.5 Å². The highest BCUT2D eigenvalue weighted by Crippen LogP contribution is 2.55. The highest BCUT2D eigenvalue weighted by Gasteiger charge is 2.41. The van der Waals surface area contributed by atoms with E-state index in [4.69, 9.17) is 28.4 Å². The molecule has 0 saturated carbocycles. The molecule has 0 spiro atoms. The van der Waals surface area contributed by atoms with Crippen LogP contribution in [0.25, 0.3) is 98.0 Å². The fourth-order valence-electron chi connectivity index (χ4n) is 12.2. The van der Waals surface area contributed by atoms with Gasteiger partial charge in [-0.25, -0.2) is 0 Å². The molecule has 0 aromatic heterocycles. The second kappa shape index (κ2) is 24.1. The highest BCUT2D eigenvalue weighted by molar-refractivity contribution is 6.23. The number of benzene rings is 12. The van der Waals surface area contributed by atoms with E-state index in [9.17, 15) is 35.9 Å². The lowest BCUT2D eigenvalue weighted by molar-refractivity contribution is -0.167. The first-order valence-corrected chi connectivity index (χ1v) is 28.3. The molecule has 92 heavy (non-hydrogen) atoms. The molecule has 0 radical (unpaired) electrons. The summed E-state index contributed by atoms with van der Waals surface area (Å²) < 4.78 is 120. The van der Waals surface area contributed by atoms with E-state index < -0.39 is 36.0 Å². The molecule has 0 fully saturated rings. The molecule has 12 aromatic carbocycles. The van der Waals surface area contributed by atoms with Crippen molar-refractivity contribution in [1.82, 2.24) is 0 Å². The van der Waals surface area contributed by atoms with Crippen LogP contribution in [0.4, 0.5) is 49.1 Å². The van der Waals surface area contributed by atoms with Crippen LogP contribution in [0, 0.1) is 0 Å². The Labute approximate surface area is 520 Å². The number of carbonyl (C=O) groups is 4. The van der Waals surface area contributed by atoms with Crippen molar-refractivity contribution in [2.45, 2.75) is 12.4 Å². The monoisotopic (exact) mass is 1250 g/mol. The third kappa shape index (κ3) is 10.6. The smallest absolute Gasteiger partial charge is 0.471 e. The third-order valence-corrected chi connectivity index (χ3v) is 16.0. The van der Waals surface area contributed by atoms with Gasteiger partial charge in [-0.3, -0.25) is 19.2 Å². The van der Waals surface area contributed by atoms with E-state index in [0.717, 1.165) is 0 Å². The molecule has 0 unspecified atom stereocenters. The van der Waals surface area contributed by atoms with E-state index in [1.807, 2.05) is 22.8 Å². The summed E-state index contributed by atoms with van der Waals surface area (Å²) in [6, 6.07) is 51.8. The highest BCUT2D eigenvalue weighted by atomic mass is 19.4. The standard InChI is InChI=1S/C72H52F6N4O10/c1-87-61-49(67(83)79-51-33-39-21-9-15-27-45(39)57(63(51)89-3)59-47-29-17-11-23-41(47)35-53(65(59)91-5)81-69(85)71(73,74)75)31-37-19-7-13-25-43(37)55(61)56-44-26-14-8-20-38(44)32-50(62(56)88-2)68(84)80-52-34-40-22-10-16-28-46(40)58(64(52)90-4)60-48-30-18-12-24-42(48)36-54(66(60)92-6)82-70(86)72(76,77)78/h7-36H,1-6H3,(H,79,83)(H,80,84)(H,81,85)(H,82,86). The minimum absolute atomic E-state index is 0.0114. The van der Waals surface area contributed by atoms with Crippen LogP contribution in [0.1, 0.15) is 20.7 Å². The van der Waals surface area contributed by atoms with Gasteiger partial charge < -0.3 is 49.7 Å². The molecular weight excluding hydrogens is 1190 g/mol. The molecule has 20 heteroatoms. The van der Waals surface area contributed by atoms with Crippen molar-refractivity contribution in [2.75, 3.05) is 63.9 Å². The molecule has 12 rings (SSSR count). The van der Waals surface area contributed by atoms with Crippen molar-refractivity contribution in [3.8, 4) is 67.9 Å². The first kappa shape index (κ1) is 60.7. The molecule has 12 aromatic rings. The SMILES string of the molecule is COc1c(NC(=O)c2cc3ccccc3c(-c3c(OC)c(C(=O)Nc4cc5ccccc5c(-c5c(OC)c(NC(=O)C(F)(F)F)cc6ccccc56)c4OC)cc4ccccc34)c2OC)cc2ccccc2c1-c1c(OC)c(NC(=O)C(F)(F)F)cc2ccccc12. The lowest BCUT2D eigenvalue weighted by atomic mass is 9.88. The van der Waals surface area contributed by atoms with Gasteiger partial charge in [-0.05, 0) is 101 Å². The van der Waals surface area contributed by atoms with Crippen LogP contribution in [-0.4, -0.2) is 78.6 Å². The summed E-state index contributed by atoms with van der Waals surface area (Å²) in [5.41, 5.74) is 1.53. The predicted octanol–water partition coefficient (Wildman–Crippen LogP) is 17.2. The average Bonchev–Trinajstić information content (AvgIpc) is 0.748. The van der Waals surface area contributed by atoms with Gasteiger partial charge in [0, 0.05) is 33.4 Å². The summed E-state index contributed by atoms with van der Waals surface area (Å²) in [6.07, 6.45) is -10.5. The van der Waals surface area contributed by atoms with Gasteiger partial charge in [0.05, 0.1) is 76.5 Å². The lowest BCUT2D eigenvalue weighted by Gasteiger charge is -2.24. The molecule has 462 valence electrons. The van der Waals surface area contributed by atoms with Crippen molar-refractivity contribution >= 4 is 111 Å². The van der Waals surface area contributed by atoms with E-state index >= 15 is 9.59 Å². The average molecular weight is 1250 g/mol. The van der Waals surface area contributed by atoms with Gasteiger partial charge in [0.2, 0.25) is 0 Å². The third-order valence-electron chi connectivity index (χ3n) is 16.0. The second-order valence-corrected chi connectivity index (χ2v) is 21.1. The van der Waals surface area contributed by atoms with Gasteiger partial charge in [-0.2, -0.15) is 26.3 Å². The number of ether oxygens (including phenoxy) is 6. The fourth-order valence-corrected chi connectivity index (χ4v) is 12.2. The molecule has 0 aliphatic carbocycles. The Hall–Kier alpha value is -11.5. The Kier molecular flexibility index (Phi) is 15.9. The number of alkyl halides is 6. The van der Waals surface area contributed by atoms with Crippen LogP contribution in [-0.2, 0) is 9.59 Å². The van der Waals surface area contributed by atoms with Crippen molar-refractivity contribution in [1.29, 1.82) is 0 Å². The van der Waals surface area contributed by atoms with E-state index in [0.29, 0.717) is 86.9 Å². The summed E-state index contributed by atoms with van der Waals surface area (Å²) in [4.78, 5) is 56.3. The molecule has 0 aliphatic heterocycles. The normalized spacial score (nSPS) is 11.7. The topological polar surface area (TPSA) is 172 Å². The number of amides is 4. The minimum atomic E-state index is -5.24. The molecule has 0 heterocycles. The van der Waals surface area contributed by atoms with Crippen LogP contribution in [0.2, 0.25) is 0 Å². The Morgan fingerprint density at radius 2 is 0.478 bits per heavy atom. The van der Waals surface area contributed by atoms with Crippen LogP contribution in [0.3, 0.4) is 0 Å². The molecule has 0 bridgehead atoms. The predicted molar refractivity (Wildman–Crippen MR) is 345 cm³/mol. The molecule has 0 atom stereocenters. The largest absolute Gasteiger partial charge is 0.495 e. The Balaban J connectivity index is 1.03. The van der Waals surface area contributed by atoms with E-state index in [1.54, 1.807) is 158 Å². The lowest BCUT2D eigenvalue weighted by Crippen LogP contribution is -2.30. The van der Waals surface area contributed by atoms with Gasteiger partial charge in [0.15, 0.2) is 23.0 Å². The number of hydrogen-bond donors (Lipinski definition) is 4. The van der Waals surface area contributed by atoms with Crippen molar-refractivity contribution in [3.05, 3.63) is 193 Å². The number of methoxy groups -OCH3 is 6. The molecule has 4 N–H and O–H groups in total. The number of hydrogen-bond acceptors (Lipinski definition) is 10. The van der Waals surface area contributed by atoms with Gasteiger partial charge in [-0.1, -0.05) is 146 Å². The zero-order valence-electron chi connectivity index (χ0n) is 49.7.